The molecule has 1 fully saturated rings. The van der Waals surface area contributed by atoms with Gasteiger partial charge in [0.05, 0.1) is 35.6 Å². The normalized spacial score (nSPS) is 24.2. The van der Waals surface area contributed by atoms with Gasteiger partial charge in [-0.15, -0.1) is 0 Å². The van der Waals surface area contributed by atoms with E-state index in [9.17, 15) is 0 Å². The van der Waals surface area contributed by atoms with E-state index in [0.29, 0.717) is 23.1 Å². The van der Waals surface area contributed by atoms with E-state index in [1.165, 1.54) is 23.6 Å². The third-order valence-electron chi connectivity index (χ3n) is 3.77. The molecular weight excluding hydrogens is 370 g/mol. The van der Waals surface area contributed by atoms with E-state index >= 15 is 0 Å². The van der Waals surface area contributed by atoms with Gasteiger partial charge in [-0.1, -0.05) is 6.92 Å². The maximum absolute atomic E-state index is 5.21. The first-order valence-corrected chi connectivity index (χ1v) is 10.2. The van der Waals surface area contributed by atoms with Gasteiger partial charge in [-0.25, -0.2) is 0 Å². The molecule has 3 unspecified atom stereocenters. The van der Waals surface area contributed by atoms with Crippen LogP contribution in [0.5, 0.6) is 0 Å². The van der Waals surface area contributed by atoms with E-state index in [-0.39, 0.29) is 0 Å². The summed E-state index contributed by atoms with van der Waals surface area (Å²) in [6.07, 6.45) is 3.11. The molecule has 2 rings (SSSR count). The number of nitrogens with one attached hydrogen (secondary N) is 1. The van der Waals surface area contributed by atoms with Crippen molar-refractivity contribution in [3.8, 4) is 0 Å². The first-order chi connectivity index (χ1) is 10.2. The number of methoxy groups -OCH3 is 1. The second-order valence-electron chi connectivity index (χ2n) is 5.01. The summed E-state index contributed by atoms with van der Waals surface area (Å²) in [5.74, 6) is 2.49. The molecule has 120 valence electrons. The maximum atomic E-state index is 5.21. The highest BCUT2D eigenvalue weighted by molar-refractivity contribution is 9.10. The highest BCUT2D eigenvalue weighted by atomic mass is 79.9. The van der Waals surface area contributed by atoms with E-state index in [0.717, 1.165) is 11.0 Å². The zero-order valence-electron chi connectivity index (χ0n) is 12.8. The van der Waals surface area contributed by atoms with Crippen molar-refractivity contribution in [2.24, 2.45) is 0 Å². The van der Waals surface area contributed by atoms with Crippen LogP contribution >= 0.6 is 39.5 Å². The van der Waals surface area contributed by atoms with Crippen LogP contribution in [0.2, 0.25) is 0 Å². The minimum Gasteiger partial charge on any atom is -0.383 e. The molecule has 1 saturated heterocycles. The van der Waals surface area contributed by atoms with Crippen molar-refractivity contribution in [1.82, 2.24) is 15.1 Å². The van der Waals surface area contributed by atoms with E-state index in [2.05, 4.69) is 68.5 Å². The van der Waals surface area contributed by atoms with Crippen LogP contribution in [0.25, 0.3) is 0 Å². The van der Waals surface area contributed by atoms with Crippen molar-refractivity contribution in [3.05, 3.63) is 16.4 Å². The Bertz CT molecular complexity index is 444. The number of hydrogen-bond acceptors (Lipinski definition) is 5. The average Bonchev–Trinajstić information content (AvgIpc) is 2.88. The van der Waals surface area contributed by atoms with E-state index in [1.807, 2.05) is 6.20 Å². The van der Waals surface area contributed by atoms with Gasteiger partial charge in [0, 0.05) is 29.1 Å². The molecule has 0 radical (unpaired) electrons. The molecule has 21 heavy (non-hydrogen) atoms. The van der Waals surface area contributed by atoms with Crippen LogP contribution < -0.4 is 5.32 Å². The fourth-order valence-electron chi connectivity index (χ4n) is 2.74. The molecule has 0 aliphatic carbocycles. The van der Waals surface area contributed by atoms with Crippen LogP contribution in [0.15, 0.2) is 10.7 Å². The lowest BCUT2D eigenvalue weighted by Crippen LogP contribution is -2.38. The van der Waals surface area contributed by atoms with Crippen molar-refractivity contribution < 1.29 is 4.74 Å². The lowest BCUT2D eigenvalue weighted by molar-refractivity contribution is 0.181. The number of halogens is 1. The molecule has 2 heterocycles. The molecule has 1 aromatic heterocycles. The van der Waals surface area contributed by atoms with E-state index in [1.54, 1.807) is 7.11 Å². The molecule has 7 heteroatoms. The number of thioether (sulfide) groups is 2. The highest BCUT2D eigenvalue weighted by Gasteiger charge is 2.35. The lowest BCUT2D eigenvalue weighted by Gasteiger charge is -2.36. The Morgan fingerprint density at radius 3 is 2.95 bits per heavy atom. The second-order valence-corrected chi connectivity index (χ2v) is 8.50. The Balaban J connectivity index is 2.25. The second kappa shape index (κ2) is 8.82. The first-order valence-electron chi connectivity index (χ1n) is 7.33. The van der Waals surface area contributed by atoms with Gasteiger partial charge in [0.15, 0.2) is 0 Å². The fraction of sp³-hybridized carbons (Fsp3) is 0.786. The summed E-state index contributed by atoms with van der Waals surface area (Å²) in [6.45, 7) is 3.76. The van der Waals surface area contributed by atoms with Gasteiger partial charge < -0.3 is 10.1 Å². The van der Waals surface area contributed by atoms with Crippen LogP contribution in [0.1, 0.15) is 25.1 Å². The summed E-state index contributed by atoms with van der Waals surface area (Å²) in [5, 5.41) is 9.30. The predicted octanol–water partition coefficient (Wildman–Crippen LogP) is 3.18. The Labute approximate surface area is 144 Å². The smallest absolute Gasteiger partial charge is 0.0708 e. The molecule has 1 N–H and O–H groups in total. The summed E-state index contributed by atoms with van der Waals surface area (Å²) in [6, 6.07) is 0.307. The number of hydrogen-bond donors (Lipinski definition) is 1. The molecule has 0 aromatic carbocycles. The van der Waals surface area contributed by atoms with E-state index < -0.39 is 0 Å². The maximum Gasteiger partial charge on any atom is 0.0708 e. The molecule has 1 aliphatic heterocycles. The number of ether oxygens (including phenoxy) is 1. The third-order valence-corrected chi connectivity index (χ3v) is 7.73. The molecule has 0 spiro atoms. The summed E-state index contributed by atoms with van der Waals surface area (Å²) in [5.41, 5.74) is 1.24. The Hall–Kier alpha value is 0.310. The molecule has 3 atom stereocenters. The number of rotatable bonds is 7. The van der Waals surface area contributed by atoms with Crippen LogP contribution in [-0.2, 0) is 11.3 Å². The lowest BCUT2D eigenvalue weighted by atomic mass is 10.1. The molecule has 0 saturated carbocycles. The fourth-order valence-corrected chi connectivity index (χ4v) is 6.55. The number of nitrogens with zero attached hydrogens (tertiary/aromatic N) is 2. The van der Waals surface area contributed by atoms with Crippen molar-refractivity contribution >= 4 is 39.5 Å². The Kier molecular flexibility index (Phi) is 7.41. The zero-order valence-corrected chi connectivity index (χ0v) is 16.1. The van der Waals surface area contributed by atoms with Crippen LogP contribution in [-0.4, -0.2) is 52.6 Å². The monoisotopic (exact) mass is 393 g/mol. The number of aromatic nitrogens is 2. The molecule has 4 nitrogen and oxygen atoms in total. The van der Waals surface area contributed by atoms with Crippen molar-refractivity contribution in [2.75, 3.05) is 32.3 Å². The van der Waals surface area contributed by atoms with Crippen molar-refractivity contribution in [3.63, 3.8) is 0 Å². The quantitative estimate of drug-likeness (QED) is 0.769. The Morgan fingerprint density at radius 2 is 2.29 bits per heavy atom. The summed E-state index contributed by atoms with van der Waals surface area (Å²) < 4.78 is 8.36. The van der Waals surface area contributed by atoms with Crippen molar-refractivity contribution in [1.29, 1.82) is 0 Å². The summed E-state index contributed by atoms with van der Waals surface area (Å²) >= 11 is 7.88. The zero-order chi connectivity index (χ0) is 15.2. The molecule has 0 amide bonds. The van der Waals surface area contributed by atoms with E-state index in [4.69, 9.17) is 4.74 Å². The van der Waals surface area contributed by atoms with Gasteiger partial charge in [0.25, 0.3) is 0 Å². The van der Waals surface area contributed by atoms with Crippen LogP contribution in [0.3, 0.4) is 0 Å². The average molecular weight is 394 g/mol. The minimum absolute atomic E-state index is 0.307. The molecule has 0 bridgehead atoms. The molecule has 1 aromatic rings. The first kappa shape index (κ1) is 17.7. The van der Waals surface area contributed by atoms with Gasteiger partial charge in [0.1, 0.15) is 0 Å². The van der Waals surface area contributed by atoms with Crippen LogP contribution in [0.4, 0.5) is 0 Å². The molecule has 1 aliphatic rings. The van der Waals surface area contributed by atoms with Gasteiger partial charge >= 0.3 is 0 Å². The highest BCUT2D eigenvalue weighted by Crippen LogP contribution is 2.41. The Morgan fingerprint density at radius 1 is 1.52 bits per heavy atom. The van der Waals surface area contributed by atoms with Gasteiger partial charge in [-0.05, 0) is 29.4 Å². The third kappa shape index (κ3) is 4.19. The SMILES string of the molecule is CCC1SCCSC1C(NC)c1c(Br)cnn1CCOC. The van der Waals surface area contributed by atoms with Gasteiger partial charge in [0.2, 0.25) is 0 Å². The standard InChI is InChI=1S/C14H24BrN3OS2/c1-4-11-14(21-8-7-20-11)12(16-2)13-10(15)9-17-18(13)5-6-19-3/h9,11-12,14,16H,4-8H2,1-3H3. The summed E-state index contributed by atoms with van der Waals surface area (Å²) in [4.78, 5) is 0. The van der Waals surface area contributed by atoms with Gasteiger partial charge in [-0.3, -0.25) is 4.68 Å². The van der Waals surface area contributed by atoms with Gasteiger partial charge in [-0.2, -0.15) is 28.6 Å². The topological polar surface area (TPSA) is 39.1 Å². The molecular formula is C14H24BrN3OS2. The predicted molar refractivity (Wildman–Crippen MR) is 96.4 cm³/mol. The summed E-state index contributed by atoms with van der Waals surface area (Å²) in [7, 11) is 3.78. The largest absolute Gasteiger partial charge is 0.383 e. The van der Waals surface area contributed by atoms with Crippen LogP contribution in [0, 0.1) is 0 Å². The van der Waals surface area contributed by atoms with Crippen molar-refractivity contribution in [2.45, 2.75) is 36.4 Å². The minimum atomic E-state index is 0.307.